The number of hydrogen-bond acceptors (Lipinski definition) is 2. The van der Waals surface area contributed by atoms with E-state index in [1.807, 2.05) is 19.1 Å². The van der Waals surface area contributed by atoms with E-state index in [1.165, 1.54) is 0 Å². The highest BCUT2D eigenvalue weighted by Gasteiger charge is 2.08. The molecule has 0 spiro atoms. The van der Waals surface area contributed by atoms with Gasteiger partial charge in [-0.1, -0.05) is 33.6 Å². The van der Waals surface area contributed by atoms with Crippen LogP contribution in [0.5, 0.6) is 11.5 Å². The van der Waals surface area contributed by atoms with Crippen LogP contribution >= 0.6 is 27.5 Å². The Bertz CT molecular complexity index is 634. The Balaban J connectivity index is 2.40. The molecule has 0 heterocycles. The van der Waals surface area contributed by atoms with Gasteiger partial charge in [0, 0.05) is 4.47 Å². The molecule has 0 aliphatic heterocycles. The summed E-state index contributed by atoms with van der Waals surface area (Å²) in [7, 11) is 0. The first-order valence-electron chi connectivity index (χ1n) is 5.24. The molecule has 90 valence electrons. The van der Waals surface area contributed by atoms with E-state index in [0.29, 0.717) is 22.1 Å². The molecule has 0 bridgehead atoms. The summed E-state index contributed by atoms with van der Waals surface area (Å²) in [5.41, 5.74) is 1.50. The highest BCUT2D eigenvalue weighted by Crippen LogP contribution is 2.33. The Morgan fingerprint density at radius 1 is 1.17 bits per heavy atom. The minimum absolute atomic E-state index is 0.492. The molecule has 0 N–H and O–H groups in total. The van der Waals surface area contributed by atoms with Crippen LogP contribution in [0, 0.1) is 18.3 Å². The maximum absolute atomic E-state index is 9.07. The van der Waals surface area contributed by atoms with Crippen molar-refractivity contribution in [3.63, 3.8) is 0 Å². The first kappa shape index (κ1) is 12.9. The quantitative estimate of drug-likeness (QED) is 0.773. The molecule has 2 rings (SSSR count). The molecule has 0 saturated carbocycles. The summed E-state index contributed by atoms with van der Waals surface area (Å²) in [4.78, 5) is 0. The smallest absolute Gasteiger partial charge is 0.147 e. The van der Waals surface area contributed by atoms with Crippen LogP contribution in [0.15, 0.2) is 40.9 Å². The SMILES string of the molecule is Cc1ccc(Oc2cc(Br)ccc2Cl)c(C#N)c1. The lowest BCUT2D eigenvalue weighted by atomic mass is 10.1. The van der Waals surface area contributed by atoms with E-state index in [1.54, 1.807) is 24.3 Å². The van der Waals surface area contributed by atoms with Gasteiger partial charge in [0.2, 0.25) is 0 Å². The van der Waals surface area contributed by atoms with Crippen molar-refractivity contribution in [2.75, 3.05) is 0 Å². The highest BCUT2D eigenvalue weighted by atomic mass is 79.9. The van der Waals surface area contributed by atoms with Crippen molar-refractivity contribution in [1.82, 2.24) is 0 Å². The number of rotatable bonds is 2. The second-order valence-corrected chi connectivity index (χ2v) is 5.11. The molecule has 0 aliphatic rings. The van der Waals surface area contributed by atoms with Crippen molar-refractivity contribution < 1.29 is 4.74 Å². The Hall–Kier alpha value is -1.50. The zero-order valence-corrected chi connectivity index (χ0v) is 11.9. The van der Waals surface area contributed by atoms with Gasteiger partial charge in [0.25, 0.3) is 0 Å². The highest BCUT2D eigenvalue weighted by molar-refractivity contribution is 9.10. The van der Waals surface area contributed by atoms with E-state index in [0.717, 1.165) is 10.0 Å². The van der Waals surface area contributed by atoms with Crippen molar-refractivity contribution in [1.29, 1.82) is 5.26 Å². The molecule has 0 aromatic heterocycles. The molecule has 0 fully saturated rings. The average molecular weight is 323 g/mol. The summed E-state index contributed by atoms with van der Waals surface area (Å²) in [6, 6.07) is 12.9. The number of nitrogens with zero attached hydrogens (tertiary/aromatic N) is 1. The fourth-order valence-corrected chi connectivity index (χ4v) is 1.99. The molecule has 0 saturated heterocycles. The molecule has 0 unspecified atom stereocenters. The van der Waals surface area contributed by atoms with Gasteiger partial charge in [-0.2, -0.15) is 5.26 Å². The summed E-state index contributed by atoms with van der Waals surface area (Å²) in [5, 5.41) is 9.58. The van der Waals surface area contributed by atoms with Crippen LogP contribution < -0.4 is 4.74 Å². The summed E-state index contributed by atoms with van der Waals surface area (Å²) in [6.45, 7) is 1.93. The zero-order chi connectivity index (χ0) is 13.1. The number of hydrogen-bond donors (Lipinski definition) is 0. The predicted octanol–water partition coefficient (Wildman–Crippen LogP) is 5.07. The number of ether oxygens (including phenoxy) is 1. The second kappa shape index (κ2) is 5.43. The average Bonchev–Trinajstić information content (AvgIpc) is 2.36. The van der Waals surface area contributed by atoms with Gasteiger partial charge in [-0.05, 0) is 42.8 Å². The Morgan fingerprint density at radius 3 is 2.67 bits per heavy atom. The van der Waals surface area contributed by atoms with Crippen LogP contribution in [0.2, 0.25) is 5.02 Å². The predicted molar refractivity (Wildman–Crippen MR) is 75.1 cm³/mol. The van der Waals surface area contributed by atoms with E-state index in [9.17, 15) is 0 Å². The molecule has 0 aliphatic carbocycles. The van der Waals surface area contributed by atoms with E-state index >= 15 is 0 Å². The van der Waals surface area contributed by atoms with Crippen molar-refractivity contribution >= 4 is 27.5 Å². The fourth-order valence-electron chi connectivity index (χ4n) is 1.49. The van der Waals surface area contributed by atoms with Gasteiger partial charge in [0.1, 0.15) is 17.6 Å². The minimum Gasteiger partial charge on any atom is -0.454 e. The van der Waals surface area contributed by atoms with Crippen molar-refractivity contribution in [2.45, 2.75) is 6.92 Å². The van der Waals surface area contributed by atoms with Crippen molar-refractivity contribution in [3.05, 3.63) is 57.0 Å². The third-order valence-corrected chi connectivity index (χ3v) is 3.17. The molecule has 0 radical (unpaired) electrons. The van der Waals surface area contributed by atoms with Gasteiger partial charge < -0.3 is 4.74 Å². The summed E-state index contributed by atoms with van der Waals surface area (Å²) in [6.07, 6.45) is 0. The summed E-state index contributed by atoms with van der Waals surface area (Å²) in [5.74, 6) is 1.02. The lowest BCUT2D eigenvalue weighted by Gasteiger charge is -2.09. The van der Waals surface area contributed by atoms with Gasteiger partial charge >= 0.3 is 0 Å². The lowest BCUT2D eigenvalue weighted by molar-refractivity contribution is 0.481. The van der Waals surface area contributed by atoms with Crippen molar-refractivity contribution in [3.8, 4) is 17.6 Å². The van der Waals surface area contributed by atoms with Crippen LogP contribution in [-0.4, -0.2) is 0 Å². The Kier molecular flexibility index (Phi) is 3.90. The maximum Gasteiger partial charge on any atom is 0.147 e. The molecule has 2 aromatic rings. The largest absolute Gasteiger partial charge is 0.454 e. The van der Waals surface area contributed by atoms with E-state index in [-0.39, 0.29) is 0 Å². The number of halogens is 2. The van der Waals surface area contributed by atoms with Gasteiger partial charge in [0.15, 0.2) is 0 Å². The van der Waals surface area contributed by atoms with Crippen LogP contribution in [-0.2, 0) is 0 Å². The second-order valence-electron chi connectivity index (χ2n) is 3.79. The fraction of sp³-hybridized carbons (Fsp3) is 0.0714. The first-order valence-corrected chi connectivity index (χ1v) is 6.41. The van der Waals surface area contributed by atoms with Gasteiger partial charge in [-0.25, -0.2) is 0 Å². The van der Waals surface area contributed by atoms with Gasteiger partial charge in [-0.15, -0.1) is 0 Å². The lowest BCUT2D eigenvalue weighted by Crippen LogP contribution is -1.90. The molecule has 0 amide bonds. The normalized spacial score (nSPS) is 9.89. The first-order chi connectivity index (χ1) is 8.60. The van der Waals surface area contributed by atoms with Crippen LogP contribution in [0.3, 0.4) is 0 Å². The summed E-state index contributed by atoms with van der Waals surface area (Å²) >= 11 is 9.40. The molecule has 18 heavy (non-hydrogen) atoms. The third-order valence-electron chi connectivity index (χ3n) is 2.37. The number of nitriles is 1. The van der Waals surface area contributed by atoms with Crippen LogP contribution in [0.25, 0.3) is 0 Å². The molecule has 2 aromatic carbocycles. The summed E-state index contributed by atoms with van der Waals surface area (Å²) < 4.78 is 6.55. The maximum atomic E-state index is 9.07. The van der Waals surface area contributed by atoms with E-state index in [4.69, 9.17) is 21.6 Å². The van der Waals surface area contributed by atoms with E-state index in [2.05, 4.69) is 22.0 Å². The molecule has 4 heteroatoms. The number of benzene rings is 2. The van der Waals surface area contributed by atoms with Gasteiger partial charge in [-0.3, -0.25) is 0 Å². The van der Waals surface area contributed by atoms with Crippen molar-refractivity contribution in [2.24, 2.45) is 0 Å². The Morgan fingerprint density at radius 2 is 1.94 bits per heavy atom. The third kappa shape index (κ3) is 2.84. The molecular formula is C14H9BrClNO. The molecule has 0 atom stereocenters. The van der Waals surface area contributed by atoms with E-state index < -0.39 is 0 Å². The monoisotopic (exact) mass is 321 g/mol. The zero-order valence-electron chi connectivity index (χ0n) is 9.58. The van der Waals surface area contributed by atoms with Gasteiger partial charge in [0.05, 0.1) is 10.6 Å². The van der Waals surface area contributed by atoms with Crippen LogP contribution in [0.1, 0.15) is 11.1 Å². The van der Waals surface area contributed by atoms with Crippen LogP contribution in [0.4, 0.5) is 0 Å². The minimum atomic E-state index is 0.492. The molecular weight excluding hydrogens is 314 g/mol. The standard InChI is InChI=1S/C14H9BrClNO/c1-9-2-5-13(10(6-9)8-17)18-14-7-11(15)3-4-12(14)16/h2-7H,1H3. The topological polar surface area (TPSA) is 33.0 Å². The molecule has 2 nitrogen and oxygen atoms in total. The Labute approximate surface area is 119 Å². The number of aryl methyl sites for hydroxylation is 1.